The van der Waals surface area contributed by atoms with E-state index in [-0.39, 0.29) is 11.4 Å². The van der Waals surface area contributed by atoms with E-state index >= 15 is 0 Å². The van der Waals surface area contributed by atoms with Crippen LogP contribution in [0.2, 0.25) is 0 Å². The Kier molecular flexibility index (Phi) is 4.70. The van der Waals surface area contributed by atoms with Crippen LogP contribution >= 0.6 is 15.9 Å². The van der Waals surface area contributed by atoms with E-state index in [4.69, 9.17) is 4.74 Å². The number of pyridine rings is 1. The first kappa shape index (κ1) is 18.0. The van der Waals surface area contributed by atoms with Crippen molar-refractivity contribution in [2.24, 2.45) is 7.05 Å². The highest BCUT2D eigenvalue weighted by Gasteiger charge is 2.14. The van der Waals surface area contributed by atoms with Crippen LogP contribution in [0.5, 0.6) is 11.5 Å². The number of carboxylic acids is 1. The molecule has 7 nitrogen and oxygen atoms in total. The monoisotopic (exact) mass is 438 g/mol. The average Bonchev–Trinajstić information content (AvgIpc) is 2.99. The van der Waals surface area contributed by atoms with Crippen LogP contribution in [0.3, 0.4) is 0 Å². The van der Waals surface area contributed by atoms with Gasteiger partial charge < -0.3 is 19.7 Å². The maximum atomic E-state index is 11.3. The minimum Gasteiger partial charge on any atom is -0.476 e. The molecule has 28 heavy (non-hydrogen) atoms. The number of halogens is 1. The normalized spacial score (nSPS) is 10.8. The Morgan fingerprint density at radius 2 is 1.96 bits per heavy atom. The van der Waals surface area contributed by atoms with Crippen molar-refractivity contribution in [3.63, 3.8) is 0 Å². The summed E-state index contributed by atoms with van der Waals surface area (Å²) in [6.07, 6.45) is 1.42. The van der Waals surface area contributed by atoms with E-state index in [0.29, 0.717) is 11.7 Å². The maximum absolute atomic E-state index is 11.3. The Hall–Kier alpha value is -3.39. The van der Waals surface area contributed by atoms with E-state index in [2.05, 4.69) is 31.2 Å². The lowest BCUT2D eigenvalue weighted by atomic mass is 10.3. The molecule has 0 aliphatic carbocycles. The number of hydrogen-bond acceptors (Lipinski definition) is 5. The number of nitrogens with one attached hydrogen (secondary N) is 1. The van der Waals surface area contributed by atoms with Gasteiger partial charge in [0.2, 0.25) is 5.95 Å². The quantitative estimate of drug-likeness (QED) is 0.457. The first-order chi connectivity index (χ1) is 13.5. The number of fused-ring (bicyclic) bond motifs is 1. The van der Waals surface area contributed by atoms with Gasteiger partial charge in [0.05, 0.1) is 11.0 Å². The van der Waals surface area contributed by atoms with Crippen LogP contribution in [-0.4, -0.2) is 25.6 Å². The van der Waals surface area contributed by atoms with Crippen LogP contribution in [-0.2, 0) is 7.05 Å². The number of hydrogen-bond donors (Lipinski definition) is 2. The lowest BCUT2D eigenvalue weighted by molar-refractivity contribution is 0.0687. The zero-order valence-electron chi connectivity index (χ0n) is 14.8. The second kappa shape index (κ2) is 7.32. The number of imidazole rings is 1. The largest absolute Gasteiger partial charge is 0.476 e. The molecule has 0 bridgehead atoms. The standard InChI is InChI=1S/C20H15BrN4O3/c1-25-16-9-8-14(28-17-3-2-10-22-18(17)19(26)27)11-15(16)24-20(25)23-13-6-4-12(21)5-7-13/h2-11H,1H3,(H,23,24)(H,26,27). The molecule has 8 heteroatoms. The van der Waals surface area contributed by atoms with Gasteiger partial charge in [0.15, 0.2) is 11.4 Å². The highest BCUT2D eigenvalue weighted by atomic mass is 79.9. The molecular weight excluding hydrogens is 424 g/mol. The first-order valence-corrected chi connectivity index (χ1v) is 9.16. The molecule has 2 N–H and O–H groups in total. The summed E-state index contributed by atoms with van der Waals surface area (Å²) in [6, 6.07) is 16.4. The summed E-state index contributed by atoms with van der Waals surface area (Å²) in [4.78, 5) is 19.8. The van der Waals surface area contributed by atoms with Crippen molar-refractivity contribution in [3.8, 4) is 11.5 Å². The Morgan fingerprint density at radius 1 is 1.18 bits per heavy atom. The predicted octanol–water partition coefficient (Wildman–Crippen LogP) is 4.96. The molecule has 4 rings (SSSR count). The molecule has 4 aromatic rings. The number of aromatic carboxylic acids is 1. The Bertz CT molecular complexity index is 1170. The van der Waals surface area contributed by atoms with Gasteiger partial charge in [-0.1, -0.05) is 15.9 Å². The number of aromatic nitrogens is 3. The van der Waals surface area contributed by atoms with E-state index in [1.54, 1.807) is 24.3 Å². The van der Waals surface area contributed by atoms with Gasteiger partial charge in [0.25, 0.3) is 0 Å². The van der Waals surface area contributed by atoms with Crippen molar-refractivity contribution in [1.29, 1.82) is 0 Å². The molecule has 0 aliphatic rings. The lowest BCUT2D eigenvalue weighted by Crippen LogP contribution is -2.02. The molecule has 2 aromatic carbocycles. The second-order valence-electron chi connectivity index (χ2n) is 6.03. The fourth-order valence-electron chi connectivity index (χ4n) is 2.78. The molecule has 0 saturated heterocycles. The molecule has 0 saturated carbocycles. The van der Waals surface area contributed by atoms with Gasteiger partial charge in [0.1, 0.15) is 5.75 Å². The van der Waals surface area contributed by atoms with Crippen molar-refractivity contribution in [3.05, 3.63) is 71.0 Å². The molecule has 140 valence electrons. The SMILES string of the molecule is Cn1c(Nc2ccc(Br)cc2)nc2cc(Oc3cccnc3C(=O)O)ccc21. The summed E-state index contributed by atoms with van der Waals surface area (Å²) in [5, 5.41) is 12.5. The van der Waals surface area contributed by atoms with E-state index in [9.17, 15) is 9.90 Å². The van der Waals surface area contributed by atoms with Crippen molar-refractivity contribution in [2.45, 2.75) is 0 Å². The molecule has 0 radical (unpaired) electrons. The lowest BCUT2D eigenvalue weighted by Gasteiger charge is -2.08. The van der Waals surface area contributed by atoms with E-state index in [0.717, 1.165) is 21.2 Å². The number of ether oxygens (including phenoxy) is 1. The summed E-state index contributed by atoms with van der Waals surface area (Å²) in [5.41, 5.74) is 2.41. The molecule has 2 aromatic heterocycles. The van der Waals surface area contributed by atoms with Crippen molar-refractivity contribution in [1.82, 2.24) is 14.5 Å². The number of carboxylic acid groups (broad SMARTS) is 1. The van der Waals surface area contributed by atoms with Crippen LogP contribution < -0.4 is 10.1 Å². The Labute approximate surface area is 168 Å². The van der Waals surface area contributed by atoms with Gasteiger partial charge in [-0.05, 0) is 48.5 Å². The van der Waals surface area contributed by atoms with Crippen LogP contribution in [0.4, 0.5) is 11.6 Å². The third kappa shape index (κ3) is 3.54. The third-order valence-corrected chi connectivity index (χ3v) is 4.68. The van der Waals surface area contributed by atoms with Crippen molar-refractivity contribution < 1.29 is 14.6 Å². The molecule has 0 fully saturated rings. The fourth-order valence-corrected chi connectivity index (χ4v) is 3.04. The Morgan fingerprint density at radius 3 is 2.71 bits per heavy atom. The van der Waals surface area contributed by atoms with Gasteiger partial charge in [-0.2, -0.15) is 0 Å². The van der Waals surface area contributed by atoms with Gasteiger partial charge >= 0.3 is 5.97 Å². The second-order valence-corrected chi connectivity index (χ2v) is 6.95. The molecular formula is C20H15BrN4O3. The van der Waals surface area contributed by atoms with E-state index in [1.165, 1.54) is 6.20 Å². The van der Waals surface area contributed by atoms with Gasteiger partial charge in [0, 0.05) is 29.5 Å². The highest BCUT2D eigenvalue weighted by molar-refractivity contribution is 9.10. The Balaban J connectivity index is 1.65. The minimum atomic E-state index is -1.14. The summed E-state index contributed by atoms with van der Waals surface area (Å²) in [7, 11) is 1.92. The van der Waals surface area contributed by atoms with Crippen LogP contribution in [0, 0.1) is 0 Å². The molecule has 0 unspecified atom stereocenters. The number of benzene rings is 2. The third-order valence-electron chi connectivity index (χ3n) is 4.15. The zero-order chi connectivity index (χ0) is 19.7. The fraction of sp³-hybridized carbons (Fsp3) is 0.0500. The zero-order valence-corrected chi connectivity index (χ0v) is 16.3. The minimum absolute atomic E-state index is 0.138. The van der Waals surface area contributed by atoms with Crippen molar-refractivity contribution >= 4 is 44.6 Å². The van der Waals surface area contributed by atoms with Gasteiger partial charge in [-0.3, -0.25) is 0 Å². The van der Waals surface area contributed by atoms with Crippen LogP contribution in [0.15, 0.2) is 65.3 Å². The van der Waals surface area contributed by atoms with Crippen molar-refractivity contribution in [2.75, 3.05) is 5.32 Å². The predicted molar refractivity (Wildman–Crippen MR) is 109 cm³/mol. The average molecular weight is 439 g/mol. The number of aryl methyl sites for hydroxylation is 1. The van der Waals surface area contributed by atoms with Crippen LogP contribution in [0.25, 0.3) is 11.0 Å². The van der Waals surface area contributed by atoms with E-state index in [1.807, 2.05) is 41.9 Å². The molecule has 2 heterocycles. The first-order valence-electron chi connectivity index (χ1n) is 8.36. The summed E-state index contributed by atoms with van der Waals surface area (Å²) in [6.45, 7) is 0. The number of anilines is 2. The van der Waals surface area contributed by atoms with E-state index < -0.39 is 5.97 Å². The molecule has 0 atom stereocenters. The van der Waals surface area contributed by atoms with Gasteiger partial charge in [-0.25, -0.2) is 14.8 Å². The molecule has 0 spiro atoms. The van der Waals surface area contributed by atoms with Crippen LogP contribution in [0.1, 0.15) is 10.5 Å². The number of nitrogens with zero attached hydrogens (tertiary/aromatic N) is 3. The summed E-state index contributed by atoms with van der Waals surface area (Å²) >= 11 is 3.42. The molecule has 0 aliphatic heterocycles. The number of carbonyl (C=O) groups is 1. The summed E-state index contributed by atoms with van der Waals surface area (Å²) < 4.78 is 8.68. The number of rotatable bonds is 5. The summed E-state index contributed by atoms with van der Waals surface area (Å²) in [5.74, 6) is 0.201. The highest BCUT2D eigenvalue weighted by Crippen LogP contribution is 2.29. The maximum Gasteiger partial charge on any atom is 0.358 e. The molecule has 0 amide bonds. The van der Waals surface area contributed by atoms with Gasteiger partial charge in [-0.15, -0.1) is 0 Å². The topological polar surface area (TPSA) is 89.3 Å². The smallest absolute Gasteiger partial charge is 0.358 e.